The molecule has 3 aromatic rings. The van der Waals surface area contributed by atoms with Gasteiger partial charge in [0, 0.05) is 23.0 Å². The van der Waals surface area contributed by atoms with Crippen molar-refractivity contribution in [2.45, 2.75) is 0 Å². The van der Waals surface area contributed by atoms with E-state index >= 15 is 0 Å². The fraction of sp³-hybridized carbons (Fsp3) is 0. The van der Waals surface area contributed by atoms with Gasteiger partial charge in [0.1, 0.15) is 0 Å². The zero-order valence-electron chi connectivity index (χ0n) is 12.5. The number of aromatic nitrogens is 2. The molecule has 0 bridgehead atoms. The summed E-state index contributed by atoms with van der Waals surface area (Å²) in [5.41, 5.74) is 1.30. The summed E-state index contributed by atoms with van der Waals surface area (Å²) in [5.74, 6) is 0.844. The third-order valence-electron chi connectivity index (χ3n) is 3.07. The van der Waals surface area contributed by atoms with E-state index in [9.17, 15) is 0 Å². The molecule has 0 spiro atoms. The van der Waals surface area contributed by atoms with Crippen molar-refractivity contribution in [1.29, 1.82) is 5.26 Å². The minimum absolute atomic E-state index is 0.260. The van der Waals surface area contributed by atoms with Crippen LogP contribution >= 0.6 is 34.8 Å². The van der Waals surface area contributed by atoms with E-state index in [-0.39, 0.29) is 21.7 Å². The van der Waals surface area contributed by atoms with Crippen LogP contribution in [0.5, 0.6) is 11.6 Å². The molecule has 5 nitrogen and oxygen atoms in total. The van der Waals surface area contributed by atoms with Crippen LogP contribution in [0.15, 0.2) is 48.7 Å². The summed E-state index contributed by atoms with van der Waals surface area (Å²) < 4.78 is 5.65. The molecule has 0 saturated carbocycles. The highest BCUT2D eigenvalue weighted by Gasteiger charge is 2.12. The van der Waals surface area contributed by atoms with Crippen LogP contribution < -0.4 is 10.1 Å². The molecule has 124 valence electrons. The van der Waals surface area contributed by atoms with E-state index in [2.05, 4.69) is 21.4 Å². The second-order valence-corrected chi connectivity index (χ2v) is 6.08. The number of halogens is 3. The Morgan fingerprint density at radius 3 is 2.32 bits per heavy atom. The maximum Gasteiger partial charge on any atom is 0.230 e. The number of hydrogen-bond donors (Lipinski definition) is 1. The zero-order valence-corrected chi connectivity index (χ0v) is 14.8. The molecular weight excluding hydrogens is 383 g/mol. The molecule has 1 N–H and O–H groups in total. The van der Waals surface area contributed by atoms with Gasteiger partial charge in [0.25, 0.3) is 0 Å². The third kappa shape index (κ3) is 4.31. The molecule has 8 heteroatoms. The molecule has 0 amide bonds. The maximum absolute atomic E-state index is 8.82. The Morgan fingerprint density at radius 1 is 1.00 bits per heavy atom. The summed E-state index contributed by atoms with van der Waals surface area (Å²) in [6, 6.07) is 13.6. The molecule has 0 radical (unpaired) electrons. The van der Waals surface area contributed by atoms with Gasteiger partial charge < -0.3 is 10.1 Å². The molecule has 3 rings (SSSR count). The van der Waals surface area contributed by atoms with E-state index in [1.807, 2.05) is 0 Å². The fourth-order valence-corrected chi connectivity index (χ4v) is 2.84. The minimum atomic E-state index is 0.260. The lowest BCUT2D eigenvalue weighted by molar-refractivity contribution is 0.463. The van der Waals surface area contributed by atoms with Crippen LogP contribution in [-0.2, 0) is 0 Å². The van der Waals surface area contributed by atoms with Crippen LogP contribution in [-0.4, -0.2) is 9.97 Å². The van der Waals surface area contributed by atoms with Gasteiger partial charge in [-0.2, -0.15) is 10.2 Å². The molecule has 0 aliphatic carbocycles. The monoisotopic (exact) mass is 390 g/mol. The first-order valence-corrected chi connectivity index (χ1v) is 8.11. The minimum Gasteiger partial charge on any atom is -0.436 e. The number of ether oxygens (including phenoxy) is 1. The van der Waals surface area contributed by atoms with Gasteiger partial charge in [-0.3, -0.25) is 0 Å². The van der Waals surface area contributed by atoms with Crippen molar-refractivity contribution >= 4 is 46.4 Å². The molecule has 0 atom stereocenters. The molecule has 1 heterocycles. The summed E-state index contributed by atoms with van der Waals surface area (Å²) in [5, 5.41) is 12.8. The lowest BCUT2D eigenvalue weighted by atomic mass is 10.2. The van der Waals surface area contributed by atoms with Gasteiger partial charge in [-0.15, -0.1) is 0 Å². The van der Waals surface area contributed by atoms with Crippen LogP contribution in [0.1, 0.15) is 5.56 Å². The van der Waals surface area contributed by atoms with Gasteiger partial charge in [-0.25, -0.2) is 4.98 Å². The SMILES string of the molecule is N#Cc1ccc(Nc2nccc(Oc3c(Cl)cc(Cl)cc3Cl)n2)cc1. The van der Waals surface area contributed by atoms with E-state index in [4.69, 9.17) is 44.8 Å². The molecule has 0 aliphatic rings. The topological polar surface area (TPSA) is 70.8 Å². The molecule has 25 heavy (non-hydrogen) atoms. The van der Waals surface area contributed by atoms with E-state index in [0.717, 1.165) is 5.69 Å². The predicted molar refractivity (Wildman–Crippen MR) is 98.0 cm³/mol. The maximum atomic E-state index is 8.82. The number of anilines is 2. The number of nitrogens with one attached hydrogen (secondary N) is 1. The van der Waals surface area contributed by atoms with Gasteiger partial charge in [0.15, 0.2) is 5.75 Å². The van der Waals surface area contributed by atoms with Gasteiger partial charge in [-0.1, -0.05) is 34.8 Å². The smallest absolute Gasteiger partial charge is 0.230 e. The molecule has 2 aromatic carbocycles. The lowest BCUT2D eigenvalue weighted by Crippen LogP contribution is -1.98. The standard InChI is InChI=1S/C17H9Cl3N4O/c18-11-7-13(19)16(14(20)8-11)25-15-5-6-22-17(24-15)23-12-3-1-10(9-21)2-4-12/h1-8H,(H,22,23,24). The summed E-state index contributed by atoms with van der Waals surface area (Å²) >= 11 is 18.1. The highest BCUT2D eigenvalue weighted by molar-refractivity contribution is 6.40. The highest BCUT2D eigenvalue weighted by Crippen LogP contribution is 2.38. The van der Waals surface area contributed by atoms with Crippen molar-refractivity contribution in [2.75, 3.05) is 5.32 Å². The van der Waals surface area contributed by atoms with Crippen molar-refractivity contribution in [2.24, 2.45) is 0 Å². The Labute approximate surface area is 158 Å². The van der Waals surface area contributed by atoms with Crippen molar-refractivity contribution in [3.63, 3.8) is 0 Å². The van der Waals surface area contributed by atoms with Crippen molar-refractivity contribution in [3.8, 4) is 17.7 Å². The average molecular weight is 392 g/mol. The Bertz CT molecular complexity index is 932. The third-order valence-corrected chi connectivity index (χ3v) is 3.85. The molecule has 0 aliphatic heterocycles. The van der Waals surface area contributed by atoms with Crippen LogP contribution in [0.4, 0.5) is 11.6 Å². The van der Waals surface area contributed by atoms with Gasteiger partial charge in [0.05, 0.1) is 21.7 Å². The first-order valence-electron chi connectivity index (χ1n) is 6.98. The largest absolute Gasteiger partial charge is 0.436 e. The molecule has 1 aromatic heterocycles. The van der Waals surface area contributed by atoms with E-state index in [1.165, 1.54) is 18.3 Å². The summed E-state index contributed by atoms with van der Waals surface area (Å²) in [7, 11) is 0. The predicted octanol–water partition coefficient (Wildman–Crippen LogP) is 5.84. The Hall–Kier alpha value is -2.52. The fourth-order valence-electron chi connectivity index (χ4n) is 1.95. The number of rotatable bonds is 4. The quantitative estimate of drug-likeness (QED) is 0.604. The van der Waals surface area contributed by atoms with Crippen molar-refractivity contribution in [1.82, 2.24) is 9.97 Å². The number of nitrogens with zero attached hydrogens (tertiary/aromatic N) is 3. The van der Waals surface area contributed by atoms with Crippen LogP contribution in [0.2, 0.25) is 15.1 Å². The van der Waals surface area contributed by atoms with E-state index in [0.29, 0.717) is 16.5 Å². The number of benzene rings is 2. The van der Waals surface area contributed by atoms with Crippen molar-refractivity contribution < 1.29 is 4.74 Å². The first-order chi connectivity index (χ1) is 12.0. The molecule has 0 saturated heterocycles. The second kappa shape index (κ2) is 7.58. The zero-order chi connectivity index (χ0) is 17.8. The van der Waals surface area contributed by atoms with Gasteiger partial charge in [-0.05, 0) is 36.4 Å². The Kier molecular flexibility index (Phi) is 5.25. The number of hydrogen-bond acceptors (Lipinski definition) is 5. The molecule has 0 fully saturated rings. The van der Waals surface area contributed by atoms with Crippen LogP contribution in [0.3, 0.4) is 0 Å². The summed E-state index contributed by atoms with van der Waals surface area (Å²) in [6.07, 6.45) is 1.53. The highest BCUT2D eigenvalue weighted by atomic mass is 35.5. The summed E-state index contributed by atoms with van der Waals surface area (Å²) in [6.45, 7) is 0. The lowest BCUT2D eigenvalue weighted by Gasteiger charge is -2.10. The average Bonchev–Trinajstić information content (AvgIpc) is 2.59. The van der Waals surface area contributed by atoms with Gasteiger partial charge >= 0.3 is 0 Å². The Balaban J connectivity index is 1.81. The number of nitriles is 1. The molecule has 0 unspecified atom stereocenters. The van der Waals surface area contributed by atoms with Crippen LogP contribution in [0.25, 0.3) is 0 Å². The normalized spacial score (nSPS) is 10.2. The Morgan fingerprint density at radius 2 is 1.68 bits per heavy atom. The first kappa shape index (κ1) is 17.3. The van der Waals surface area contributed by atoms with Crippen LogP contribution in [0, 0.1) is 11.3 Å². The van der Waals surface area contributed by atoms with Crippen molar-refractivity contribution in [3.05, 3.63) is 69.3 Å². The summed E-state index contributed by atoms with van der Waals surface area (Å²) in [4.78, 5) is 8.37. The van der Waals surface area contributed by atoms with E-state index < -0.39 is 0 Å². The molecular formula is C17H9Cl3N4O. The van der Waals surface area contributed by atoms with Gasteiger partial charge in [0.2, 0.25) is 11.8 Å². The second-order valence-electron chi connectivity index (χ2n) is 4.83. The van der Waals surface area contributed by atoms with E-state index in [1.54, 1.807) is 30.3 Å².